The van der Waals surface area contributed by atoms with Crippen molar-refractivity contribution in [3.05, 3.63) is 28.3 Å². The van der Waals surface area contributed by atoms with Crippen molar-refractivity contribution >= 4 is 15.9 Å². The molecule has 0 atom stereocenters. The number of carbonyl (C=O) groups is 1. The van der Waals surface area contributed by atoms with Crippen molar-refractivity contribution in [3.8, 4) is 0 Å². The normalized spacial score (nSPS) is 16.5. The van der Waals surface area contributed by atoms with Crippen LogP contribution in [0.5, 0.6) is 0 Å². The molecule has 1 aliphatic rings. The lowest BCUT2D eigenvalue weighted by Gasteiger charge is -2.33. The molecule has 2 rings (SSSR count). The van der Waals surface area contributed by atoms with Gasteiger partial charge in [-0.1, -0.05) is 6.07 Å². The Morgan fingerprint density at radius 3 is 2.15 bits per heavy atom. The number of sulfonamides is 1. The number of piperidine rings is 1. The highest BCUT2D eigenvalue weighted by molar-refractivity contribution is 7.89. The Kier molecular flexibility index (Phi) is 7.05. The Labute approximate surface area is 164 Å². The van der Waals surface area contributed by atoms with Gasteiger partial charge in [0.2, 0.25) is 15.9 Å². The maximum Gasteiger partial charge on any atom is 0.243 e. The average Bonchev–Trinajstić information content (AvgIpc) is 2.64. The lowest BCUT2D eigenvalue weighted by molar-refractivity contribution is -0.135. The van der Waals surface area contributed by atoms with Crippen molar-refractivity contribution < 1.29 is 13.2 Å². The predicted octanol–water partition coefficient (Wildman–Crippen LogP) is 2.00. The van der Waals surface area contributed by atoms with E-state index in [9.17, 15) is 13.2 Å². The molecule has 0 aromatic heterocycles. The van der Waals surface area contributed by atoms with Gasteiger partial charge in [-0.3, -0.25) is 4.79 Å². The van der Waals surface area contributed by atoms with Gasteiger partial charge in [-0.2, -0.15) is 4.31 Å². The molecule has 1 amide bonds. The molecule has 1 heterocycles. The van der Waals surface area contributed by atoms with E-state index >= 15 is 0 Å². The number of hydrogen-bond donors (Lipinski definition) is 1. The summed E-state index contributed by atoms with van der Waals surface area (Å²) in [6.07, 6.45) is 1.15. The number of nitrogens with one attached hydrogen (secondary N) is 1. The predicted molar refractivity (Wildman–Crippen MR) is 108 cm³/mol. The summed E-state index contributed by atoms with van der Waals surface area (Å²) in [4.78, 5) is 14.7. The van der Waals surface area contributed by atoms with Gasteiger partial charge in [0.05, 0.1) is 4.90 Å². The van der Waals surface area contributed by atoms with Crippen molar-refractivity contribution in [2.75, 3.05) is 40.3 Å². The molecule has 1 aromatic rings. The molecule has 152 valence electrons. The van der Waals surface area contributed by atoms with Gasteiger partial charge < -0.3 is 10.2 Å². The second-order valence-corrected chi connectivity index (χ2v) is 9.51. The highest BCUT2D eigenvalue weighted by Gasteiger charge is 2.35. The molecule has 0 aliphatic carbocycles. The molecule has 1 aliphatic heterocycles. The van der Waals surface area contributed by atoms with Gasteiger partial charge in [0, 0.05) is 39.1 Å². The number of carbonyl (C=O) groups excluding carboxylic acids is 1. The Morgan fingerprint density at radius 2 is 1.67 bits per heavy atom. The fraction of sp³-hybridized carbons (Fsp3) is 0.650. The number of benzene rings is 1. The van der Waals surface area contributed by atoms with Crippen LogP contribution in [0.2, 0.25) is 0 Å². The van der Waals surface area contributed by atoms with E-state index in [1.807, 2.05) is 47.9 Å². The first-order chi connectivity index (χ1) is 12.6. The monoisotopic (exact) mass is 395 g/mol. The Hall–Kier alpha value is -1.44. The van der Waals surface area contributed by atoms with E-state index in [0.29, 0.717) is 37.4 Å². The fourth-order valence-electron chi connectivity index (χ4n) is 3.74. The van der Waals surface area contributed by atoms with Crippen LogP contribution >= 0.6 is 0 Å². The van der Waals surface area contributed by atoms with E-state index in [-0.39, 0.29) is 11.8 Å². The summed E-state index contributed by atoms with van der Waals surface area (Å²) in [5, 5.41) is 3.04. The van der Waals surface area contributed by atoms with Crippen LogP contribution in [0, 0.1) is 33.6 Å². The summed E-state index contributed by atoms with van der Waals surface area (Å²) in [7, 11) is 0.117. The molecule has 6 nitrogen and oxygen atoms in total. The third-order valence-corrected chi connectivity index (χ3v) is 7.94. The molecule has 1 N–H and O–H groups in total. The van der Waals surface area contributed by atoms with Crippen molar-refractivity contribution in [2.45, 2.75) is 45.4 Å². The van der Waals surface area contributed by atoms with Crippen molar-refractivity contribution in [2.24, 2.45) is 5.92 Å². The van der Waals surface area contributed by atoms with Crippen LogP contribution in [-0.2, 0) is 14.8 Å². The number of nitrogens with zero attached hydrogens (tertiary/aromatic N) is 2. The van der Waals surface area contributed by atoms with Crippen LogP contribution in [0.1, 0.15) is 35.1 Å². The first kappa shape index (κ1) is 21.9. The molecule has 7 heteroatoms. The van der Waals surface area contributed by atoms with Crippen LogP contribution in [-0.4, -0.2) is 63.8 Å². The zero-order valence-corrected chi connectivity index (χ0v) is 18.2. The molecular weight excluding hydrogens is 362 g/mol. The van der Waals surface area contributed by atoms with Gasteiger partial charge in [0.1, 0.15) is 0 Å². The Bertz CT molecular complexity index is 771. The van der Waals surface area contributed by atoms with Crippen LogP contribution in [0.15, 0.2) is 11.0 Å². The zero-order valence-electron chi connectivity index (χ0n) is 17.4. The lowest BCUT2D eigenvalue weighted by atomic mass is 9.97. The molecule has 0 saturated carbocycles. The highest BCUT2D eigenvalue weighted by Crippen LogP contribution is 2.31. The number of hydrogen-bond acceptors (Lipinski definition) is 4. The third-order valence-electron chi connectivity index (χ3n) is 5.77. The van der Waals surface area contributed by atoms with Gasteiger partial charge in [-0.05, 0) is 69.8 Å². The minimum atomic E-state index is -3.55. The second-order valence-electron chi connectivity index (χ2n) is 7.63. The van der Waals surface area contributed by atoms with E-state index in [1.165, 1.54) is 0 Å². The average molecular weight is 396 g/mol. The summed E-state index contributed by atoms with van der Waals surface area (Å²) in [5.74, 6) is 0.0146. The van der Waals surface area contributed by atoms with E-state index in [4.69, 9.17) is 0 Å². The van der Waals surface area contributed by atoms with Gasteiger partial charge >= 0.3 is 0 Å². The third kappa shape index (κ3) is 4.52. The summed E-state index contributed by atoms with van der Waals surface area (Å²) >= 11 is 0. The molecule has 0 unspecified atom stereocenters. The topological polar surface area (TPSA) is 69.7 Å². The molecule has 1 fully saturated rings. The van der Waals surface area contributed by atoms with Gasteiger partial charge in [0.25, 0.3) is 0 Å². The van der Waals surface area contributed by atoms with Gasteiger partial charge in [-0.15, -0.1) is 0 Å². The second kappa shape index (κ2) is 8.71. The van der Waals surface area contributed by atoms with Crippen molar-refractivity contribution in [1.29, 1.82) is 0 Å². The van der Waals surface area contributed by atoms with E-state index in [0.717, 1.165) is 28.8 Å². The highest BCUT2D eigenvalue weighted by atomic mass is 32.2. The summed E-state index contributed by atoms with van der Waals surface area (Å²) in [5.41, 5.74) is 3.63. The molecular formula is C20H33N3O3S. The standard InChI is InChI=1S/C20H33N3O3S/c1-14-13-15(2)17(4)19(16(14)3)27(25,26)23-10-7-18(8-11-23)20(24)22(6)12-9-21-5/h13,18,21H,7-12H2,1-6H3. The van der Waals surface area contributed by atoms with Crippen LogP contribution in [0.4, 0.5) is 0 Å². The molecule has 1 aromatic carbocycles. The first-order valence-electron chi connectivity index (χ1n) is 9.58. The summed E-state index contributed by atoms with van der Waals surface area (Å²) in [6.45, 7) is 9.85. The van der Waals surface area contributed by atoms with E-state index in [2.05, 4.69) is 5.32 Å². The fourth-order valence-corrected chi connectivity index (χ4v) is 5.79. The maximum absolute atomic E-state index is 13.3. The number of aryl methyl sites for hydroxylation is 2. The maximum atomic E-state index is 13.3. The molecule has 0 bridgehead atoms. The van der Waals surface area contributed by atoms with Gasteiger partial charge in [0.15, 0.2) is 0 Å². The molecule has 0 radical (unpaired) electrons. The summed E-state index contributed by atoms with van der Waals surface area (Å²) < 4.78 is 28.2. The minimum Gasteiger partial charge on any atom is -0.344 e. The smallest absolute Gasteiger partial charge is 0.243 e. The molecule has 1 saturated heterocycles. The minimum absolute atomic E-state index is 0.0975. The number of amides is 1. The SMILES string of the molecule is CNCCN(C)C(=O)C1CCN(S(=O)(=O)c2c(C)c(C)cc(C)c2C)CC1. The zero-order chi connectivity index (χ0) is 20.4. The van der Waals surface area contributed by atoms with Gasteiger partial charge in [-0.25, -0.2) is 8.42 Å². The summed E-state index contributed by atoms with van der Waals surface area (Å²) in [6, 6.07) is 2.04. The Morgan fingerprint density at radius 1 is 1.15 bits per heavy atom. The van der Waals surface area contributed by atoms with Crippen LogP contribution in [0.25, 0.3) is 0 Å². The Balaban J connectivity index is 2.15. The number of rotatable bonds is 6. The first-order valence-corrected chi connectivity index (χ1v) is 11.0. The van der Waals surface area contributed by atoms with Crippen molar-refractivity contribution in [3.63, 3.8) is 0 Å². The van der Waals surface area contributed by atoms with Crippen molar-refractivity contribution in [1.82, 2.24) is 14.5 Å². The largest absolute Gasteiger partial charge is 0.344 e. The number of likely N-dealkylation sites (N-methyl/N-ethyl adjacent to an activating group) is 2. The molecule has 27 heavy (non-hydrogen) atoms. The molecule has 0 spiro atoms. The van der Waals surface area contributed by atoms with Crippen LogP contribution in [0.3, 0.4) is 0 Å². The lowest BCUT2D eigenvalue weighted by Crippen LogP contribution is -2.44. The van der Waals surface area contributed by atoms with E-state index in [1.54, 1.807) is 9.21 Å². The van der Waals surface area contributed by atoms with E-state index < -0.39 is 10.0 Å². The quantitative estimate of drug-likeness (QED) is 0.800. The van der Waals surface area contributed by atoms with Crippen LogP contribution < -0.4 is 5.32 Å².